The van der Waals surface area contributed by atoms with Crippen molar-refractivity contribution >= 4 is 11.6 Å². The third kappa shape index (κ3) is 3.14. The van der Waals surface area contributed by atoms with E-state index in [0.29, 0.717) is 28.3 Å². The first-order valence-electron chi connectivity index (χ1n) is 6.10. The number of aromatic nitrogens is 5. The van der Waals surface area contributed by atoms with Crippen LogP contribution in [0, 0.1) is 0 Å². The van der Waals surface area contributed by atoms with E-state index in [1.54, 1.807) is 31.3 Å². The molecule has 1 atom stereocenters. The van der Waals surface area contributed by atoms with Gasteiger partial charge in [-0.2, -0.15) is 4.98 Å². The van der Waals surface area contributed by atoms with Crippen LogP contribution in [-0.2, 0) is 0 Å². The van der Waals surface area contributed by atoms with Crippen LogP contribution in [0.1, 0.15) is 18.9 Å². The topological polar surface area (TPSA) is 86.8 Å². The summed E-state index contributed by atoms with van der Waals surface area (Å²) < 4.78 is 10.8. The molecule has 7 nitrogen and oxygen atoms in total. The Kier molecular flexibility index (Phi) is 3.74. The molecule has 3 aromatic rings. The van der Waals surface area contributed by atoms with Crippen LogP contribution in [0.2, 0.25) is 5.15 Å². The Morgan fingerprint density at radius 2 is 2.14 bits per heavy atom. The lowest BCUT2D eigenvalue weighted by Crippen LogP contribution is -2.03. The van der Waals surface area contributed by atoms with Crippen LogP contribution in [-0.4, -0.2) is 25.1 Å². The first kappa shape index (κ1) is 13.4. The summed E-state index contributed by atoms with van der Waals surface area (Å²) in [5.74, 6) is 1.30. The van der Waals surface area contributed by atoms with Gasteiger partial charge in [0.2, 0.25) is 5.82 Å². The van der Waals surface area contributed by atoms with Crippen LogP contribution in [0.4, 0.5) is 0 Å². The Morgan fingerprint density at radius 3 is 2.86 bits per heavy atom. The Balaban J connectivity index is 1.75. The van der Waals surface area contributed by atoms with Gasteiger partial charge in [0.15, 0.2) is 6.10 Å². The molecule has 0 radical (unpaired) electrons. The van der Waals surface area contributed by atoms with Crippen LogP contribution < -0.4 is 4.74 Å². The number of halogens is 1. The highest BCUT2D eigenvalue weighted by molar-refractivity contribution is 6.29. The summed E-state index contributed by atoms with van der Waals surface area (Å²) in [6.45, 7) is 1.80. The normalized spacial score (nSPS) is 12.1. The largest absolute Gasteiger partial charge is 0.479 e. The molecule has 0 saturated heterocycles. The molecule has 0 aliphatic rings. The van der Waals surface area contributed by atoms with E-state index in [1.165, 1.54) is 12.5 Å². The molecule has 0 fully saturated rings. The zero-order valence-corrected chi connectivity index (χ0v) is 11.7. The maximum atomic E-state index is 5.72. The zero-order valence-electron chi connectivity index (χ0n) is 11.0. The molecule has 3 aromatic heterocycles. The number of pyridine rings is 1. The van der Waals surface area contributed by atoms with E-state index in [9.17, 15) is 0 Å². The van der Waals surface area contributed by atoms with Crippen molar-refractivity contribution < 1.29 is 9.26 Å². The van der Waals surface area contributed by atoms with Crippen molar-refractivity contribution in [3.8, 4) is 17.3 Å². The number of nitrogens with zero attached hydrogens (tertiary/aromatic N) is 5. The molecular formula is C13H10ClN5O2. The predicted octanol–water partition coefficient (Wildman–Crippen LogP) is 2.72. The summed E-state index contributed by atoms with van der Waals surface area (Å²) in [6, 6.07) is 5.06. The lowest BCUT2D eigenvalue weighted by Gasteiger charge is -2.09. The summed E-state index contributed by atoms with van der Waals surface area (Å²) in [5.41, 5.74) is 0.584. The van der Waals surface area contributed by atoms with Gasteiger partial charge in [0.25, 0.3) is 5.89 Å². The van der Waals surface area contributed by atoms with Gasteiger partial charge >= 0.3 is 0 Å². The third-order valence-corrected chi connectivity index (χ3v) is 2.84. The van der Waals surface area contributed by atoms with Crippen LogP contribution in [0.25, 0.3) is 11.5 Å². The lowest BCUT2D eigenvalue weighted by molar-refractivity contribution is 0.175. The van der Waals surface area contributed by atoms with Gasteiger partial charge in [-0.05, 0) is 25.1 Å². The van der Waals surface area contributed by atoms with Crippen molar-refractivity contribution in [2.24, 2.45) is 0 Å². The zero-order chi connectivity index (χ0) is 14.7. The van der Waals surface area contributed by atoms with Gasteiger partial charge in [0.05, 0.1) is 6.20 Å². The van der Waals surface area contributed by atoms with Gasteiger partial charge in [-0.1, -0.05) is 16.8 Å². The molecule has 3 heterocycles. The standard InChI is InChI=1S/C13H10ClN5O2/c1-8(20-9-2-3-11(14)16-6-9)13-18-12(19-21-13)10-4-5-15-7-17-10/h2-8H,1H3/t8-/m0/s1. The van der Waals surface area contributed by atoms with Crippen LogP contribution >= 0.6 is 11.6 Å². The highest BCUT2D eigenvalue weighted by Crippen LogP contribution is 2.22. The van der Waals surface area contributed by atoms with Gasteiger partial charge in [-0.3, -0.25) is 0 Å². The van der Waals surface area contributed by atoms with Gasteiger partial charge in [-0.25, -0.2) is 15.0 Å². The van der Waals surface area contributed by atoms with Gasteiger partial charge < -0.3 is 9.26 Å². The van der Waals surface area contributed by atoms with Crippen molar-refractivity contribution in [3.63, 3.8) is 0 Å². The minimum absolute atomic E-state index is 0.346. The summed E-state index contributed by atoms with van der Waals surface area (Å²) in [7, 11) is 0. The molecule has 0 N–H and O–H groups in total. The van der Waals surface area contributed by atoms with E-state index in [-0.39, 0.29) is 0 Å². The molecule has 0 amide bonds. The number of ether oxygens (including phenoxy) is 1. The molecule has 0 saturated carbocycles. The maximum Gasteiger partial charge on any atom is 0.267 e. The number of hydrogen-bond donors (Lipinski definition) is 0. The van der Waals surface area contributed by atoms with Gasteiger partial charge in [0.1, 0.15) is 22.9 Å². The lowest BCUT2D eigenvalue weighted by atomic mass is 10.3. The second kappa shape index (κ2) is 5.84. The quantitative estimate of drug-likeness (QED) is 0.685. The van der Waals surface area contributed by atoms with E-state index in [0.717, 1.165) is 0 Å². The molecule has 0 spiro atoms. The molecule has 21 heavy (non-hydrogen) atoms. The first-order chi connectivity index (χ1) is 10.2. The summed E-state index contributed by atoms with van der Waals surface area (Å²) in [5, 5.41) is 4.27. The Morgan fingerprint density at radius 1 is 1.24 bits per heavy atom. The molecule has 0 aliphatic carbocycles. The molecular weight excluding hydrogens is 294 g/mol. The first-order valence-corrected chi connectivity index (χ1v) is 6.48. The van der Waals surface area contributed by atoms with Crippen molar-refractivity contribution in [2.45, 2.75) is 13.0 Å². The molecule has 8 heteroatoms. The third-order valence-electron chi connectivity index (χ3n) is 2.61. The Hall–Kier alpha value is -2.54. The number of rotatable bonds is 4. The van der Waals surface area contributed by atoms with Crippen molar-refractivity contribution in [1.82, 2.24) is 25.1 Å². The van der Waals surface area contributed by atoms with E-state index in [1.807, 2.05) is 0 Å². The molecule has 0 bridgehead atoms. The van der Waals surface area contributed by atoms with Crippen molar-refractivity contribution in [2.75, 3.05) is 0 Å². The second-order valence-corrected chi connectivity index (χ2v) is 4.51. The number of hydrogen-bond acceptors (Lipinski definition) is 7. The maximum absolute atomic E-state index is 5.72. The summed E-state index contributed by atoms with van der Waals surface area (Å²) in [4.78, 5) is 16.1. The molecule has 106 valence electrons. The molecule has 0 unspecified atom stereocenters. The minimum Gasteiger partial charge on any atom is -0.479 e. The second-order valence-electron chi connectivity index (χ2n) is 4.13. The summed E-state index contributed by atoms with van der Waals surface area (Å²) >= 11 is 5.72. The fourth-order valence-electron chi connectivity index (χ4n) is 1.61. The monoisotopic (exact) mass is 303 g/mol. The average Bonchev–Trinajstić information content (AvgIpc) is 3.00. The smallest absolute Gasteiger partial charge is 0.267 e. The van der Waals surface area contributed by atoms with Gasteiger partial charge in [0, 0.05) is 6.20 Å². The van der Waals surface area contributed by atoms with Crippen molar-refractivity contribution in [3.05, 3.63) is 48.0 Å². The fourth-order valence-corrected chi connectivity index (χ4v) is 1.73. The molecule has 3 rings (SSSR count). The van der Waals surface area contributed by atoms with E-state index in [4.69, 9.17) is 20.9 Å². The highest BCUT2D eigenvalue weighted by Gasteiger charge is 2.17. The van der Waals surface area contributed by atoms with Crippen LogP contribution in [0.5, 0.6) is 5.75 Å². The van der Waals surface area contributed by atoms with Crippen LogP contribution in [0.3, 0.4) is 0 Å². The van der Waals surface area contributed by atoms with E-state index >= 15 is 0 Å². The molecule has 0 aliphatic heterocycles. The van der Waals surface area contributed by atoms with Crippen LogP contribution in [0.15, 0.2) is 41.4 Å². The fraction of sp³-hybridized carbons (Fsp3) is 0.154. The average molecular weight is 304 g/mol. The van der Waals surface area contributed by atoms with E-state index < -0.39 is 6.10 Å². The minimum atomic E-state index is -0.420. The molecule has 0 aromatic carbocycles. The predicted molar refractivity (Wildman–Crippen MR) is 73.6 cm³/mol. The van der Waals surface area contributed by atoms with Crippen molar-refractivity contribution in [1.29, 1.82) is 0 Å². The highest BCUT2D eigenvalue weighted by atomic mass is 35.5. The van der Waals surface area contributed by atoms with E-state index in [2.05, 4.69) is 25.1 Å². The summed E-state index contributed by atoms with van der Waals surface area (Å²) in [6.07, 6.45) is 4.14. The Labute approximate surface area is 125 Å². The Bertz CT molecular complexity index is 717. The van der Waals surface area contributed by atoms with Gasteiger partial charge in [-0.15, -0.1) is 0 Å². The SMILES string of the molecule is C[C@H](Oc1ccc(Cl)nc1)c1nc(-c2ccncn2)no1.